The van der Waals surface area contributed by atoms with Crippen molar-refractivity contribution in [1.82, 2.24) is 0 Å². The lowest BCUT2D eigenvalue weighted by Crippen LogP contribution is -2.46. The van der Waals surface area contributed by atoms with Crippen LogP contribution in [0.2, 0.25) is 0 Å². The Kier molecular flexibility index (Phi) is 4.83. The van der Waals surface area contributed by atoms with E-state index >= 15 is 0 Å². The third-order valence-electron chi connectivity index (χ3n) is 8.63. The summed E-state index contributed by atoms with van der Waals surface area (Å²) in [6.07, 6.45) is 1.96. The summed E-state index contributed by atoms with van der Waals surface area (Å²) in [7, 11) is 0. The van der Waals surface area contributed by atoms with Gasteiger partial charge in [0.2, 0.25) is 0 Å². The number of rotatable bonds is 3. The first-order valence-electron chi connectivity index (χ1n) is 12.1. The second kappa shape index (κ2) is 7.38. The van der Waals surface area contributed by atoms with Crippen molar-refractivity contribution in [1.29, 1.82) is 0 Å². The molecular weight excluding hydrogens is 450 g/mol. The lowest BCUT2D eigenvalue weighted by Gasteiger charge is -2.57. The standard InChI is InChI=1S/C28H26F6/c29-27(30,31)22-9-21(10-23(11-22)28(32,33)34)24-3-1-2-20-7-19(8-25(20)24)15-26-12-16-4-17(13-26)6-18(5-16)14-26/h1-3,8-11,16-18H,4-7,12-15H2. The van der Waals surface area contributed by atoms with Crippen molar-refractivity contribution in [2.75, 3.05) is 0 Å². The molecule has 5 aliphatic rings. The Morgan fingerprint density at radius 2 is 1.32 bits per heavy atom. The molecule has 0 atom stereocenters. The third-order valence-corrected chi connectivity index (χ3v) is 8.63. The van der Waals surface area contributed by atoms with Gasteiger partial charge in [-0.3, -0.25) is 0 Å². The monoisotopic (exact) mass is 476 g/mol. The van der Waals surface area contributed by atoms with Crippen molar-refractivity contribution in [3.63, 3.8) is 0 Å². The van der Waals surface area contributed by atoms with Gasteiger partial charge in [0, 0.05) is 0 Å². The molecule has 2 aromatic rings. The van der Waals surface area contributed by atoms with Crippen molar-refractivity contribution in [3.05, 3.63) is 64.2 Å². The molecule has 4 bridgehead atoms. The fourth-order valence-electron chi connectivity index (χ4n) is 7.90. The van der Waals surface area contributed by atoms with Crippen LogP contribution in [0.1, 0.15) is 67.2 Å². The molecule has 4 saturated carbocycles. The number of alkyl halides is 6. The quantitative estimate of drug-likeness (QED) is 0.388. The molecule has 0 spiro atoms. The molecule has 34 heavy (non-hydrogen) atoms. The van der Waals surface area contributed by atoms with Crippen LogP contribution < -0.4 is 0 Å². The van der Waals surface area contributed by atoms with Crippen LogP contribution in [0, 0.1) is 23.2 Å². The molecule has 0 unspecified atom stereocenters. The van der Waals surface area contributed by atoms with Gasteiger partial charge in [0.15, 0.2) is 0 Å². The summed E-state index contributed by atoms with van der Waals surface area (Å²) < 4.78 is 80.5. The Hall–Kier alpha value is -2.24. The van der Waals surface area contributed by atoms with E-state index in [2.05, 4.69) is 6.08 Å². The van der Waals surface area contributed by atoms with Crippen molar-refractivity contribution in [3.8, 4) is 11.1 Å². The summed E-state index contributed by atoms with van der Waals surface area (Å²) in [4.78, 5) is 0. The van der Waals surface area contributed by atoms with Crippen LogP contribution in [0.5, 0.6) is 0 Å². The molecule has 0 aromatic heterocycles. The molecule has 0 nitrogen and oxygen atoms in total. The number of fused-ring (bicyclic) bond motifs is 1. The Morgan fingerprint density at radius 1 is 0.765 bits per heavy atom. The lowest BCUT2D eigenvalue weighted by molar-refractivity contribution is -0.143. The second-order valence-corrected chi connectivity index (χ2v) is 11.2. The van der Waals surface area contributed by atoms with Gasteiger partial charge in [-0.15, -0.1) is 0 Å². The average molecular weight is 477 g/mol. The molecule has 0 aliphatic heterocycles. The summed E-state index contributed by atoms with van der Waals surface area (Å²) in [5, 5.41) is 0. The fraction of sp³-hybridized carbons (Fsp3) is 0.500. The molecule has 2 aromatic carbocycles. The Labute approximate surface area is 195 Å². The molecule has 180 valence electrons. The number of halogens is 6. The molecule has 5 aliphatic carbocycles. The highest BCUT2D eigenvalue weighted by molar-refractivity contribution is 5.81. The van der Waals surface area contributed by atoms with Gasteiger partial charge >= 0.3 is 12.4 Å². The summed E-state index contributed by atoms with van der Waals surface area (Å²) in [6.45, 7) is 0. The third kappa shape index (κ3) is 3.87. The van der Waals surface area contributed by atoms with Gasteiger partial charge in [-0.25, -0.2) is 0 Å². The molecule has 0 amide bonds. The van der Waals surface area contributed by atoms with E-state index in [1.165, 1.54) is 44.1 Å². The van der Waals surface area contributed by atoms with Crippen molar-refractivity contribution in [2.45, 2.75) is 63.7 Å². The fourth-order valence-corrected chi connectivity index (χ4v) is 7.90. The minimum Gasteiger partial charge on any atom is -0.166 e. The van der Waals surface area contributed by atoms with Crippen molar-refractivity contribution >= 4 is 6.08 Å². The lowest BCUT2D eigenvalue weighted by atomic mass is 9.48. The predicted molar refractivity (Wildman–Crippen MR) is 119 cm³/mol. The van der Waals surface area contributed by atoms with Crippen LogP contribution in [0.15, 0.2) is 42.0 Å². The first-order chi connectivity index (χ1) is 16.0. The molecule has 7 rings (SSSR count). The van der Waals surface area contributed by atoms with Gasteiger partial charge in [-0.05, 0) is 115 Å². The van der Waals surface area contributed by atoms with E-state index in [-0.39, 0.29) is 11.6 Å². The van der Waals surface area contributed by atoms with E-state index in [0.29, 0.717) is 11.0 Å². The minimum atomic E-state index is -4.85. The summed E-state index contributed by atoms with van der Waals surface area (Å²) >= 11 is 0. The topological polar surface area (TPSA) is 0 Å². The zero-order valence-corrected chi connectivity index (χ0v) is 18.7. The van der Waals surface area contributed by atoms with Crippen LogP contribution in [0.3, 0.4) is 0 Å². The van der Waals surface area contributed by atoms with Crippen LogP contribution in [0.4, 0.5) is 26.3 Å². The highest BCUT2D eigenvalue weighted by Crippen LogP contribution is 2.62. The predicted octanol–water partition coefficient (Wildman–Crippen LogP) is 8.94. The van der Waals surface area contributed by atoms with E-state index < -0.39 is 23.5 Å². The van der Waals surface area contributed by atoms with E-state index in [0.717, 1.165) is 53.9 Å². The first-order valence-corrected chi connectivity index (χ1v) is 12.1. The number of hydrogen-bond acceptors (Lipinski definition) is 0. The van der Waals surface area contributed by atoms with Gasteiger partial charge < -0.3 is 0 Å². The van der Waals surface area contributed by atoms with Gasteiger partial charge in [0.25, 0.3) is 0 Å². The van der Waals surface area contributed by atoms with Gasteiger partial charge in [0.1, 0.15) is 0 Å². The minimum absolute atomic E-state index is 0.0358. The second-order valence-electron chi connectivity index (χ2n) is 11.2. The zero-order valence-electron chi connectivity index (χ0n) is 18.7. The van der Waals surface area contributed by atoms with E-state index in [4.69, 9.17) is 0 Å². The maximum Gasteiger partial charge on any atom is 0.416 e. The number of hydrogen-bond donors (Lipinski definition) is 0. The van der Waals surface area contributed by atoms with Crippen molar-refractivity contribution < 1.29 is 26.3 Å². The van der Waals surface area contributed by atoms with E-state index in [1.54, 1.807) is 12.1 Å². The van der Waals surface area contributed by atoms with E-state index in [1.807, 2.05) is 6.07 Å². The van der Waals surface area contributed by atoms with Gasteiger partial charge in [-0.2, -0.15) is 26.3 Å². The normalized spacial score (nSPS) is 29.9. The molecule has 0 saturated heterocycles. The highest BCUT2D eigenvalue weighted by atomic mass is 19.4. The van der Waals surface area contributed by atoms with E-state index in [9.17, 15) is 26.3 Å². The van der Waals surface area contributed by atoms with Crippen molar-refractivity contribution in [2.24, 2.45) is 23.2 Å². The molecule has 4 fully saturated rings. The van der Waals surface area contributed by atoms with Crippen LogP contribution in [-0.4, -0.2) is 0 Å². The summed E-state index contributed by atoms with van der Waals surface area (Å²) in [6, 6.07) is 7.20. The summed E-state index contributed by atoms with van der Waals surface area (Å²) in [5.74, 6) is 2.49. The zero-order chi connectivity index (χ0) is 23.9. The largest absolute Gasteiger partial charge is 0.416 e. The Balaban J connectivity index is 1.36. The van der Waals surface area contributed by atoms with Crippen LogP contribution in [0.25, 0.3) is 17.2 Å². The Morgan fingerprint density at radius 3 is 1.85 bits per heavy atom. The molecular formula is C28H26F6. The molecule has 0 radical (unpaired) electrons. The average Bonchev–Trinajstić information content (AvgIpc) is 3.12. The highest BCUT2D eigenvalue weighted by Gasteiger charge is 2.51. The SMILES string of the molecule is FC(F)(F)c1cc(-c2cccc3c2C=C(CC24CC5CC(CC(C5)C2)C4)C3)cc(C(F)(F)F)c1. The van der Waals surface area contributed by atoms with Crippen LogP contribution in [-0.2, 0) is 18.8 Å². The smallest absolute Gasteiger partial charge is 0.166 e. The molecule has 6 heteroatoms. The Bertz CT molecular complexity index is 1100. The van der Waals surface area contributed by atoms with Crippen LogP contribution >= 0.6 is 0 Å². The van der Waals surface area contributed by atoms with Gasteiger partial charge in [-0.1, -0.05) is 29.8 Å². The maximum absolute atomic E-state index is 13.4. The maximum atomic E-state index is 13.4. The number of benzene rings is 2. The van der Waals surface area contributed by atoms with Gasteiger partial charge in [0.05, 0.1) is 11.1 Å². The summed E-state index contributed by atoms with van der Waals surface area (Å²) in [5.41, 5.74) is 1.23. The number of allylic oxidation sites excluding steroid dienone is 1. The first kappa shape index (κ1) is 22.2. The molecule has 0 heterocycles. The molecule has 0 N–H and O–H groups in total.